The second kappa shape index (κ2) is 13.0. The minimum atomic E-state index is 0. The number of fused-ring (bicyclic) bond motifs is 1. The first-order chi connectivity index (χ1) is 15.4. The van der Waals surface area contributed by atoms with Gasteiger partial charge in [0.2, 0.25) is 0 Å². The monoisotopic (exact) mass is 553 g/mol. The fourth-order valence-electron chi connectivity index (χ4n) is 3.03. The zero-order chi connectivity index (χ0) is 21.1. The maximum absolute atomic E-state index is 5.78. The molecule has 4 rings (SSSR count). The minimum absolute atomic E-state index is 0. The lowest BCUT2D eigenvalue weighted by atomic mass is 10.2. The number of anilines is 1. The zero-order valence-corrected chi connectivity index (χ0v) is 20.1. The van der Waals surface area contributed by atoms with Crippen molar-refractivity contribution < 1.29 is 23.0 Å². The molecule has 0 spiro atoms. The number of nitrogens with one attached hydrogen (secondary N) is 2. The largest absolute Gasteiger partial charge is 0.490 e. The number of guanidine groups is 1. The molecule has 2 N–H and O–H groups in total. The molecule has 0 atom stereocenters. The van der Waals surface area contributed by atoms with E-state index in [1.165, 1.54) is 0 Å². The number of halogens is 1. The molecule has 0 bridgehead atoms. The highest BCUT2D eigenvalue weighted by molar-refractivity contribution is 14.0. The van der Waals surface area contributed by atoms with Gasteiger partial charge in [-0.1, -0.05) is 0 Å². The second-order valence-electron chi connectivity index (χ2n) is 6.99. The molecule has 3 aromatic rings. The van der Waals surface area contributed by atoms with E-state index < -0.39 is 0 Å². The van der Waals surface area contributed by atoms with Crippen molar-refractivity contribution in [2.75, 3.05) is 31.7 Å². The van der Waals surface area contributed by atoms with Crippen molar-refractivity contribution in [3.63, 3.8) is 0 Å². The predicted octanol–water partition coefficient (Wildman–Crippen LogP) is 4.82. The van der Waals surface area contributed by atoms with Crippen LogP contribution in [0.15, 0.2) is 68.8 Å². The van der Waals surface area contributed by atoms with Gasteiger partial charge in [-0.2, -0.15) is 0 Å². The normalized spacial score (nSPS) is 13.2. The van der Waals surface area contributed by atoms with Crippen LogP contribution in [0.3, 0.4) is 0 Å². The average Bonchev–Trinajstić information content (AvgIpc) is 3.45. The van der Waals surface area contributed by atoms with E-state index in [0.29, 0.717) is 45.5 Å². The summed E-state index contributed by atoms with van der Waals surface area (Å²) in [5.74, 6) is 3.77. The van der Waals surface area contributed by atoms with Crippen LogP contribution in [0.25, 0.3) is 0 Å². The number of benzene rings is 1. The van der Waals surface area contributed by atoms with Gasteiger partial charge in [-0.3, -0.25) is 0 Å². The van der Waals surface area contributed by atoms with E-state index in [-0.39, 0.29) is 24.0 Å². The summed E-state index contributed by atoms with van der Waals surface area (Å²) in [6.07, 6.45) is 4.99. The van der Waals surface area contributed by atoms with Crippen LogP contribution in [0, 0.1) is 0 Å². The lowest BCUT2D eigenvalue weighted by molar-refractivity contribution is 0.105. The van der Waals surface area contributed by atoms with Crippen molar-refractivity contribution >= 4 is 35.6 Å². The van der Waals surface area contributed by atoms with E-state index in [4.69, 9.17) is 23.0 Å². The van der Waals surface area contributed by atoms with Gasteiger partial charge >= 0.3 is 0 Å². The Kier molecular flexibility index (Phi) is 9.76. The number of rotatable bonds is 9. The number of furan rings is 2. The molecule has 0 amide bonds. The summed E-state index contributed by atoms with van der Waals surface area (Å²) in [6, 6.07) is 13.3. The number of aliphatic imine (C=N–C) groups is 1. The Morgan fingerprint density at radius 2 is 1.75 bits per heavy atom. The average molecular weight is 553 g/mol. The molecule has 1 aliphatic rings. The van der Waals surface area contributed by atoms with Gasteiger partial charge in [-0.05, 0) is 42.8 Å². The Morgan fingerprint density at radius 1 is 0.969 bits per heavy atom. The molecule has 3 heterocycles. The molecular weight excluding hydrogens is 525 g/mol. The molecule has 0 radical (unpaired) electrons. The van der Waals surface area contributed by atoms with Crippen LogP contribution >= 0.6 is 24.0 Å². The van der Waals surface area contributed by atoms with Gasteiger partial charge in [-0.25, -0.2) is 4.99 Å². The SMILES string of the molecule is I.c1coc(CN=C(NCCCOCc2ccco2)Nc2ccc3c(c2)OCCCO3)c1. The summed E-state index contributed by atoms with van der Waals surface area (Å²) in [5, 5.41) is 6.67. The zero-order valence-electron chi connectivity index (χ0n) is 17.7. The molecule has 2 aromatic heterocycles. The van der Waals surface area contributed by atoms with Crippen LogP contribution in [-0.2, 0) is 17.9 Å². The van der Waals surface area contributed by atoms with Crippen molar-refractivity contribution in [1.82, 2.24) is 5.32 Å². The Hall–Kier alpha value is -2.66. The van der Waals surface area contributed by atoms with Crippen molar-refractivity contribution in [3.05, 3.63) is 66.5 Å². The molecule has 1 aliphatic heterocycles. The van der Waals surface area contributed by atoms with Gasteiger partial charge in [0.1, 0.15) is 24.7 Å². The Labute approximate surface area is 204 Å². The maximum atomic E-state index is 5.78. The first kappa shape index (κ1) is 24.0. The van der Waals surface area contributed by atoms with E-state index in [1.807, 2.05) is 42.5 Å². The summed E-state index contributed by atoms with van der Waals surface area (Å²) in [7, 11) is 0. The minimum Gasteiger partial charge on any atom is -0.490 e. The molecule has 0 fully saturated rings. The van der Waals surface area contributed by atoms with Crippen LogP contribution in [0.1, 0.15) is 24.4 Å². The van der Waals surface area contributed by atoms with Gasteiger partial charge in [0, 0.05) is 31.3 Å². The van der Waals surface area contributed by atoms with Gasteiger partial charge < -0.3 is 33.7 Å². The number of nitrogens with zero attached hydrogens (tertiary/aromatic N) is 1. The smallest absolute Gasteiger partial charge is 0.196 e. The van der Waals surface area contributed by atoms with Crippen LogP contribution < -0.4 is 20.1 Å². The quantitative estimate of drug-likeness (QED) is 0.170. The van der Waals surface area contributed by atoms with E-state index in [2.05, 4.69) is 15.6 Å². The van der Waals surface area contributed by atoms with E-state index in [9.17, 15) is 0 Å². The molecule has 32 heavy (non-hydrogen) atoms. The van der Waals surface area contributed by atoms with Crippen LogP contribution in [0.4, 0.5) is 5.69 Å². The molecule has 0 saturated heterocycles. The van der Waals surface area contributed by atoms with E-state index in [0.717, 1.165) is 41.5 Å². The van der Waals surface area contributed by atoms with Crippen LogP contribution in [0.2, 0.25) is 0 Å². The fourth-order valence-corrected chi connectivity index (χ4v) is 3.03. The summed E-state index contributed by atoms with van der Waals surface area (Å²) in [5.41, 5.74) is 0.865. The van der Waals surface area contributed by atoms with E-state index >= 15 is 0 Å². The summed E-state index contributed by atoms with van der Waals surface area (Å²) >= 11 is 0. The Balaban J connectivity index is 0.00000289. The third-order valence-corrected chi connectivity index (χ3v) is 4.57. The second-order valence-corrected chi connectivity index (χ2v) is 6.99. The number of ether oxygens (including phenoxy) is 3. The molecule has 172 valence electrons. The third-order valence-electron chi connectivity index (χ3n) is 4.57. The molecule has 0 aliphatic carbocycles. The molecule has 0 saturated carbocycles. The van der Waals surface area contributed by atoms with Crippen LogP contribution in [0.5, 0.6) is 11.5 Å². The molecular formula is C23H28IN3O5. The van der Waals surface area contributed by atoms with Gasteiger partial charge in [0.25, 0.3) is 0 Å². The fraction of sp³-hybridized carbons (Fsp3) is 0.348. The highest BCUT2D eigenvalue weighted by Crippen LogP contribution is 2.32. The number of hydrogen-bond donors (Lipinski definition) is 2. The van der Waals surface area contributed by atoms with Crippen molar-refractivity contribution in [2.24, 2.45) is 4.99 Å². The van der Waals surface area contributed by atoms with Crippen molar-refractivity contribution in [1.29, 1.82) is 0 Å². The Bertz CT molecular complexity index is 945. The van der Waals surface area contributed by atoms with Crippen LogP contribution in [-0.4, -0.2) is 32.3 Å². The predicted molar refractivity (Wildman–Crippen MR) is 132 cm³/mol. The molecule has 8 nitrogen and oxygen atoms in total. The highest BCUT2D eigenvalue weighted by atomic mass is 127. The van der Waals surface area contributed by atoms with Crippen molar-refractivity contribution in [2.45, 2.75) is 26.0 Å². The van der Waals surface area contributed by atoms with Gasteiger partial charge in [0.05, 0.1) is 25.7 Å². The maximum Gasteiger partial charge on any atom is 0.196 e. The van der Waals surface area contributed by atoms with Crippen molar-refractivity contribution in [3.8, 4) is 11.5 Å². The first-order valence-corrected chi connectivity index (χ1v) is 10.4. The molecule has 0 unspecified atom stereocenters. The van der Waals surface area contributed by atoms with Gasteiger partial charge in [-0.15, -0.1) is 24.0 Å². The lowest BCUT2D eigenvalue weighted by Crippen LogP contribution is -2.32. The third kappa shape index (κ3) is 7.49. The Morgan fingerprint density at radius 3 is 2.53 bits per heavy atom. The summed E-state index contributed by atoms with van der Waals surface area (Å²) in [4.78, 5) is 4.62. The topological polar surface area (TPSA) is 90.4 Å². The van der Waals surface area contributed by atoms with E-state index in [1.54, 1.807) is 12.5 Å². The highest BCUT2D eigenvalue weighted by Gasteiger charge is 2.11. The summed E-state index contributed by atoms with van der Waals surface area (Å²) in [6.45, 7) is 3.53. The summed E-state index contributed by atoms with van der Waals surface area (Å²) < 4.78 is 27.8. The standard InChI is InChI=1S/C23H27N3O5.HI/c1-5-19(28-11-1)16-25-23(24-9-3-10-27-17-20-6-2-12-29-20)26-18-7-8-21-22(15-18)31-14-4-13-30-21;/h1-2,5-8,11-12,15H,3-4,9-10,13-14,16-17H2,(H2,24,25,26);1H. The van der Waals surface area contributed by atoms with Gasteiger partial charge in [0.15, 0.2) is 17.5 Å². The molecule has 1 aromatic carbocycles. The lowest BCUT2D eigenvalue weighted by Gasteiger charge is -2.14. The molecule has 9 heteroatoms. The number of hydrogen-bond acceptors (Lipinski definition) is 6. The first-order valence-electron chi connectivity index (χ1n) is 10.4.